The van der Waals surface area contributed by atoms with Crippen molar-refractivity contribution in [3.63, 3.8) is 0 Å². The standard InChI is InChI=1S/C18H24O7/c1-12(19)22-11-16-18(24-13(2)20)15(9-17(21-3)25-16)23-10-14-7-5-4-6-8-14/h4-8,15-18H,9-11H2,1-3H3/t15-,16+,17?,18+/m0/s1. The summed E-state index contributed by atoms with van der Waals surface area (Å²) in [6.45, 7) is 2.94. The number of hydrogen-bond donors (Lipinski definition) is 0. The highest BCUT2D eigenvalue weighted by Gasteiger charge is 2.42. The lowest BCUT2D eigenvalue weighted by atomic mass is 10.0. The summed E-state index contributed by atoms with van der Waals surface area (Å²) in [6, 6.07) is 9.67. The van der Waals surface area contributed by atoms with Gasteiger partial charge in [-0.2, -0.15) is 0 Å². The van der Waals surface area contributed by atoms with Crippen LogP contribution in [0.2, 0.25) is 0 Å². The number of esters is 2. The van der Waals surface area contributed by atoms with Crippen LogP contribution < -0.4 is 0 Å². The predicted molar refractivity (Wildman–Crippen MR) is 87.5 cm³/mol. The van der Waals surface area contributed by atoms with E-state index in [0.717, 1.165) is 5.56 Å². The minimum atomic E-state index is -0.688. The smallest absolute Gasteiger partial charge is 0.303 e. The van der Waals surface area contributed by atoms with E-state index in [1.165, 1.54) is 21.0 Å². The van der Waals surface area contributed by atoms with E-state index in [9.17, 15) is 9.59 Å². The quantitative estimate of drug-likeness (QED) is 0.693. The Hall–Kier alpha value is -1.96. The summed E-state index contributed by atoms with van der Waals surface area (Å²) >= 11 is 0. The number of carbonyl (C=O) groups excluding carboxylic acids is 2. The summed E-state index contributed by atoms with van der Waals surface area (Å²) in [5, 5.41) is 0. The van der Waals surface area contributed by atoms with Crippen LogP contribution >= 0.6 is 0 Å². The average molecular weight is 352 g/mol. The first-order valence-corrected chi connectivity index (χ1v) is 8.14. The summed E-state index contributed by atoms with van der Waals surface area (Å²) in [5.74, 6) is -0.892. The number of methoxy groups -OCH3 is 1. The predicted octanol–water partition coefficient (Wildman–Crippen LogP) is 1.83. The Kier molecular flexibility index (Phi) is 7.36. The first kappa shape index (κ1) is 19.4. The Morgan fingerprint density at radius 3 is 2.48 bits per heavy atom. The van der Waals surface area contributed by atoms with Gasteiger partial charge in [0.15, 0.2) is 12.4 Å². The molecule has 0 radical (unpaired) electrons. The first-order valence-electron chi connectivity index (χ1n) is 8.14. The molecular weight excluding hydrogens is 328 g/mol. The largest absolute Gasteiger partial charge is 0.463 e. The number of hydrogen-bond acceptors (Lipinski definition) is 7. The fraction of sp³-hybridized carbons (Fsp3) is 0.556. The first-order chi connectivity index (χ1) is 12.0. The fourth-order valence-corrected chi connectivity index (χ4v) is 2.66. The van der Waals surface area contributed by atoms with E-state index in [0.29, 0.717) is 13.0 Å². The lowest BCUT2D eigenvalue weighted by Gasteiger charge is -2.40. The second-order valence-electron chi connectivity index (χ2n) is 5.79. The van der Waals surface area contributed by atoms with Gasteiger partial charge >= 0.3 is 11.9 Å². The van der Waals surface area contributed by atoms with E-state index in [1.807, 2.05) is 30.3 Å². The zero-order chi connectivity index (χ0) is 18.2. The molecule has 0 N–H and O–H groups in total. The van der Waals surface area contributed by atoms with Crippen molar-refractivity contribution < 1.29 is 33.3 Å². The summed E-state index contributed by atoms with van der Waals surface area (Å²) in [7, 11) is 1.52. The zero-order valence-electron chi connectivity index (χ0n) is 14.7. The summed E-state index contributed by atoms with van der Waals surface area (Å²) in [5.41, 5.74) is 1.00. The molecule has 1 aromatic carbocycles. The fourth-order valence-electron chi connectivity index (χ4n) is 2.66. The summed E-state index contributed by atoms with van der Waals surface area (Å²) in [4.78, 5) is 22.6. The molecule has 7 nitrogen and oxygen atoms in total. The van der Waals surface area contributed by atoms with Gasteiger partial charge in [0.1, 0.15) is 18.8 Å². The number of carbonyl (C=O) groups is 2. The van der Waals surface area contributed by atoms with Gasteiger partial charge < -0.3 is 23.7 Å². The molecular formula is C18H24O7. The Balaban J connectivity index is 2.09. The molecule has 1 aromatic rings. The topological polar surface area (TPSA) is 80.3 Å². The van der Waals surface area contributed by atoms with Crippen LogP contribution in [0.4, 0.5) is 0 Å². The van der Waals surface area contributed by atoms with Crippen molar-refractivity contribution in [2.24, 2.45) is 0 Å². The van der Waals surface area contributed by atoms with Gasteiger partial charge in [-0.15, -0.1) is 0 Å². The van der Waals surface area contributed by atoms with Crippen molar-refractivity contribution in [1.82, 2.24) is 0 Å². The molecule has 4 atom stereocenters. The van der Waals surface area contributed by atoms with Crippen molar-refractivity contribution in [2.75, 3.05) is 13.7 Å². The second kappa shape index (κ2) is 9.50. The van der Waals surface area contributed by atoms with Crippen molar-refractivity contribution in [2.45, 2.75) is 51.5 Å². The molecule has 0 spiro atoms. The molecule has 0 aromatic heterocycles. The van der Waals surface area contributed by atoms with Gasteiger partial charge in [-0.05, 0) is 5.56 Å². The minimum Gasteiger partial charge on any atom is -0.463 e. The molecule has 1 saturated heterocycles. The van der Waals surface area contributed by atoms with E-state index >= 15 is 0 Å². The summed E-state index contributed by atoms with van der Waals surface area (Å²) in [6.07, 6.45) is -1.92. The number of rotatable bonds is 7. The molecule has 25 heavy (non-hydrogen) atoms. The van der Waals surface area contributed by atoms with Gasteiger partial charge in [0, 0.05) is 27.4 Å². The highest BCUT2D eigenvalue weighted by Crippen LogP contribution is 2.27. The molecule has 1 aliphatic rings. The molecule has 1 unspecified atom stereocenters. The van der Waals surface area contributed by atoms with E-state index in [-0.39, 0.29) is 6.61 Å². The van der Waals surface area contributed by atoms with E-state index in [1.54, 1.807) is 0 Å². The maximum absolute atomic E-state index is 11.5. The van der Waals surface area contributed by atoms with Gasteiger partial charge in [0.05, 0.1) is 6.61 Å². The molecule has 2 rings (SSSR count). The van der Waals surface area contributed by atoms with Crippen LogP contribution in [0.15, 0.2) is 30.3 Å². The molecule has 7 heteroatoms. The van der Waals surface area contributed by atoms with E-state index in [4.69, 9.17) is 23.7 Å². The molecule has 1 heterocycles. The average Bonchev–Trinajstić information content (AvgIpc) is 2.59. The lowest BCUT2D eigenvalue weighted by molar-refractivity contribution is -0.264. The van der Waals surface area contributed by atoms with Crippen LogP contribution in [0.5, 0.6) is 0 Å². The Labute approximate surface area is 147 Å². The van der Waals surface area contributed by atoms with Crippen LogP contribution in [-0.4, -0.2) is 50.3 Å². The third-order valence-corrected chi connectivity index (χ3v) is 3.81. The van der Waals surface area contributed by atoms with Gasteiger partial charge in [-0.1, -0.05) is 30.3 Å². The molecule has 0 saturated carbocycles. The molecule has 138 valence electrons. The lowest BCUT2D eigenvalue weighted by Crippen LogP contribution is -2.53. The van der Waals surface area contributed by atoms with Crippen LogP contribution in [-0.2, 0) is 39.9 Å². The number of benzene rings is 1. The van der Waals surface area contributed by atoms with Crippen LogP contribution in [0, 0.1) is 0 Å². The summed E-state index contributed by atoms with van der Waals surface area (Å²) < 4.78 is 27.4. The van der Waals surface area contributed by atoms with Crippen molar-refractivity contribution in [3.05, 3.63) is 35.9 Å². The Morgan fingerprint density at radius 1 is 1.16 bits per heavy atom. The minimum absolute atomic E-state index is 0.0433. The third-order valence-electron chi connectivity index (χ3n) is 3.81. The van der Waals surface area contributed by atoms with Gasteiger partial charge in [0.25, 0.3) is 0 Å². The molecule has 0 aliphatic carbocycles. The monoisotopic (exact) mass is 352 g/mol. The zero-order valence-corrected chi connectivity index (χ0v) is 14.7. The van der Waals surface area contributed by atoms with Crippen LogP contribution in [0.25, 0.3) is 0 Å². The van der Waals surface area contributed by atoms with E-state index in [2.05, 4.69) is 0 Å². The van der Waals surface area contributed by atoms with Gasteiger partial charge in [-0.3, -0.25) is 9.59 Å². The van der Waals surface area contributed by atoms with Gasteiger partial charge in [0.2, 0.25) is 0 Å². The molecule has 1 aliphatic heterocycles. The maximum Gasteiger partial charge on any atom is 0.303 e. The molecule has 0 bridgehead atoms. The normalized spacial score (nSPS) is 26.0. The van der Waals surface area contributed by atoms with Crippen molar-refractivity contribution in [1.29, 1.82) is 0 Å². The molecule has 0 amide bonds. The Bertz CT molecular complexity index is 560. The van der Waals surface area contributed by atoms with Crippen LogP contribution in [0.1, 0.15) is 25.8 Å². The highest BCUT2D eigenvalue weighted by atomic mass is 16.7. The number of ether oxygens (including phenoxy) is 5. The van der Waals surface area contributed by atoms with Crippen molar-refractivity contribution in [3.8, 4) is 0 Å². The second-order valence-corrected chi connectivity index (χ2v) is 5.79. The van der Waals surface area contributed by atoms with E-state index < -0.39 is 36.5 Å². The third kappa shape index (κ3) is 6.12. The highest BCUT2D eigenvalue weighted by molar-refractivity contribution is 5.66. The van der Waals surface area contributed by atoms with Gasteiger partial charge in [-0.25, -0.2) is 0 Å². The molecule has 1 fully saturated rings. The van der Waals surface area contributed by atoms with Crippen LogP contribution in [0.3, 0.4) is 0 Å². The SMILES string of the molecule is COC1C[C@H](OCc2ccccc2)[C@@H](OC(C)=O)[C@@H](COC(C)=O)O1. The Morgan fingerprint density at radius 2 is 1.88 bits per heavy atom. The maximum atomic E-state index is 11.5. The van der Waals surface area contributed by atoms with Crippen molar-refractivity contribution >= 4 is 11.9 Å².